The molecule has 126 valence electrons. The predicted molar refractivity (Wildman–Crippen MR) is 85.1 cm³/mol. The summed E-state index contributed by atoms with van der Waals surface area (Å²) in [5, 5.41) is 8.87. The van der Waals surface area contributed by atoms with Crippen LogP contribution in [0.15, 0.2) is 24.3 Å². The number of hydrogen-bond donors (Lipinski definition) is 0. The number of ether oxygens (including phenoxy) is 2. The van der Waals surface area contributed by atoms with E-state index in [1.807, 2.05) is 37.3 Å². The number of benzene rings is 1. The van der Waals surface area contributed by atoms with Crippen molar-refractivity contribution in [1.82, 2.24) is 8.61 Å². The minimum Gasteiger partial charge on any atom is -0.492 e. The standard InChI is InChI=1S/C15H21N3O4S/c1-13-3-5-14(6-4-13)21-9-7-17(2)23(19,20)18-8-10-22-15(11-16)12-18/h3-6,15H,7-10,12H2,1-2H3/t15-/m1/s1. The topological polar surface area (TPSA) is 82.9 Å². The molecule has 1 aliphatic heterocycles. The predicted octanol–water partition coefficient (Wildman–Crippen LogP) is 0.775. The van der Waals surface area contributed by atoms with Crippen LogP contribution in [0.1, 0.15) is 5.56 Å². The van der Waals surface area contributed by atoms with E-state index in [0.717, 1.165) is 5.56 Å². The van der Waals surface area contributed by atoms with E-state index < -0.39 is 16.3 Å². The summed E-state index contributed by atoms with van der Waals surface area (Å²) >= 11 is 0. The molecule has 1 aromatic carbocycles. The fraction of sp³-hybridized carbons (Fsp3) is 0.533. The molecule has 1 atom stereocenters. The lowest BCUT2D eigenvalue weighted by Crippen LogP contribution is -2.50. The van der Waals surface area contributed by atoms with Gasteiger partial charge in [0.2, 0.25) is 0 Å². The lowest BCUT2D eigenvalue weighted by Gasteiger charge is -2.32. The molecule has 0 saturated carbocycles. The second kappa shape index (κ2) is 7.75. The molecular weight excluding hydrogens is 318 g/mol. The van der Waals surface area contributed by atoms with Gasteiger partial charge in [0.05, 0.1) is 19.2 Å². The van der Waals surface area contributed by atoms with Crippen molar-refractivity contribution in [2.45, 2.75) is 13.0 Å². The van der Waals surface area contributed by atoms with Crippen LogP contribution in [0, 0.1) is 18.3 Å². The zero-order chi connectivity index (χ0) is 16.9. The Morgan fingerprint density at radius 3 is 2.78 bits per heavy atom. The van der Waals surface area contributed by atoms with Gasteiger partial charge in [-0.3, -0.25) is 0 Å². The molecule has 1 heterocycles. The third-order valence-electron chi connectivity index (χ3n) is 3.59. The van der Waals surface area contributed by atoms with Gasteiger partial charge in [-0.1, -0.05) is 17.7 Å². The van der Waals surface area contributed by atoms with Crippen LogP contribution in [0.5, 0.6) is 5.75 Å². The molecule has 0 spiro atoms. The van der Waals surface area contributed by atoms with Gasteiger partial charge in [-0.05, 0) is 19.1 Å². The number of hydrogen-bond acceptors (Lipinski definition) is 5. The summed E-state index contributed by atoms with van der Waals surface area (Å²) in [6.07, 6.45) is -0.712. The maximum absolute atomic E-state index is 12.5. The van der Waals surface area contributed by atoms with Gasteiger partial charge in [-0.15, -0.1) is 0 Å². The Kier molecular flexibility index (Phi) is 5.96. The number of aryl methyl sites for hydroxylation is 1. The van der Waals surface area contributed by atoms with Gasteiger partial charge < -0.3 is 9.47 Å². The molecule has 0 aliphatic carbocycles. The Hall–Kier alpha value is -1.66. The zero-order valence-corrected chi connectivity index (χ0v) is 14.1. The zero-order valence-electron chi connectivity index (χ0n) is 13.3. The highest BCUT2D eigenvalue weighted by Crippen LogP contribution is 2.14. The van der Waals surface area contributed by atoms with Gasteiger partial charge in [0.1, 0.15) is 12.4 Å². The largest absolute Gasteiger partial charge is 0.492 e. The summed E-state index contributed by atoms with van der Waals surface area (Å²) in [4.78, 5) is 0. The van der Waals surface area contributed by atoms with Gasteiger partial charge in [0.25, 0.3) is 10.2 Å². The van der Waals surface area contributed by atoms with E-state index in [1.54, 1.807) is 0 Å². The Balaban J connectivity index is 1.87. The number of rotatable bonds is 6. The normalized spacial score (nSPS) is 19.5. The molecule has 23 heavy (non-hydrogen) atoms. The molecule has 1 fully saturated rings. The van der Waals surface area contributed by atoms with Crippen LogP contribution < -0.4 is 4.74 Å². The second-order valence-corrected chi connectivity index (χ2v) is 7.37. The summed E-state index contributed by atoms with van der Waals surface area (Å²) in [7, 11) is -2.11. The average molecular weight is 339 g/mol. The summed E-state index contributed by atoms with van der Waals surface area (Å²) in [6.45, 7) is 3.01. The van der Waals surface area contributed by atoms with Crippen LogP contribution in [0.2, 0.25) is 0 Å². The van der Waals surface area contributed by atoms with Gasteiger partial charge in [-0.2, -0.15) is 22.3 Å². The first-order valence-electron chi connectivity index (χ1n) is 7.35. The molecule has 0 bridgehead atoms. The van der Waals surface area contributed by atoms with E-state index in [9.17, 15) is 8.42 Å². The highest BCUT2D eigenvalue weighted by molar-refractivity contribution is 7.86. The van der Waals surface area contributed by atoms with E-state index in [2.05, 4.69) is 0 Å². The van der Waals surface area contributed by atoms with Gasteiger partial charge in [0, 0.05) is 20.1 Å². The summed E-state index contributed by atoms with van der Waals surface area (Å²) in [5.41, 5.74) is 1.14. The molecule has 0 aromatic heterocycles. The Labute approximate surface area is 137 Å². The van der Waals surface area contributed by atoms with Crippen LogP contribution in [-0.4, -0.2) is 63.0 Å². The molecule has 8 heteroatoms. The van der Waals surface area contributed by atoms with E-state index in [4.69, 9.17) is 14.7 Å². The highest BCUT2D eigenvalue weighted by Gasteiger charge is 2.32. The maximum atomic E-state index is 12.5. The molecule has 1 saturated heterocycles. The minimum absolute atomic E-state index is 0.0575. The molecular formula is C15H21N3O4S. The van der Waals surface area contributed by atoms with Crippen molar-refractivity contribution in [3.8, 4) is 11.8 Å². The highest BCUT2D eigenvalue weighted by atomic mass is 32.2. The van der Waals surface area contributed by atoms with E-state index in [1.165, 1.54) is 15.7 Å². The number of morpholine rings is 1. The van der Waals surface area contributed by atoms with E-state index in [-0.39, 0.29) is 32.8 Å². The minimum atomic E-state index is -3.61. The van der Waals surface area contributed by atoms with Crippen molar-refractivity contribution >= 4 is 10.2 Å². The molecule has 0 amide bonds. The molecule has 2 rings (SSSR count). The summed E-state index contributed by atoms with van der Waals surface area (Å²) in [5.74, 6) is 0.706. The third kappa shape index (κ3) is 4.65. The fourth-order valence-corrected chi connectivity index (χ4v) is 3.48. The lowest BCUT2D eigenvalue weighted by atomic mass is 10.2. The molecule has 7 nitrogen and oxygen atoms in total. The number of nitrogens with zero attached hydrogens (tertiary/aromatic N) is 3. The van der Waals surface area contributed by atoms with Crippen molar-refractivity contribution < 1.29 is 17.9 Å². The SMILES string of the molecule is Cc1ccc(OCCN(C)S(=O)(=O)N2CCO[C@H](C#N)C2)cc1. The lowest BCUT2D eigenvalue weighted by molar-refractivity contribution is 0.0291. The third-order valence-corrected chi connectivity index (χ3v) is 5.54. The smallest absolute Gasteiger partial charge is 0.282 e. The fourth-order valence-electron chi connectivity index (χ4n) is 2.15. The Bertz CT molecular complexity index is 654. The number of likely N-dealkylation sites (N-methyl/N-ethyl adjacent to an activating group) is 1. The molecule has 1 aliphatic rings. The van der Waals surface area contributed by atoms with Gasteiger partial charge in [-0.25, -0.2) is 0 Å². The van der Waals surface area contributed by atoms with Crippen LogP contribution in [0.25, 0.3) is 0 Å². The molecule has 1 aromatic rings. The first kappa shape index (κ1) is 17.7. The van der Waals surface area contributed by atoms with E-state index >= 15 is 0 Å². The van der Waals surface area contributed by atoms with Crippen LogP contribution in [0.3, 0.4) is 0 Å². The van der Waals surface area contributed by atoms with Crippen molar-refractivity contribution in [3.63, 3.8) is 0 Å². The van der Waals surface area contributed by atoms with Gasteiger partial charge in [0.15, 0.2) is 6.10 Å². The Morgan fingerprint density at radius 1 is 1.43 bits per heavy atom. The van der Waals surface area contributed by atoms with Gasteiger partial charge >= 0.3 is 0 Å². The molecule has 0 N–H and O–H groups in total. The van der Waals surface area contributed by atoms with Crippen molar-refractivity contribution in [2.75, 3.05) is 39.9 Å². The average Bonchev–Trinajstić information content (AvgIpc) is 2.56. The van der Waals surface area contributed by atoms with Crippen LogP contribution >= 0.6 is 0 Å². The first-order chi connectivity index (χ1) is 10.9. The monoisotopic (exact) mass is 339 g/mol. The van der Waals surface area contributed by atoms with E-state index in [0.29, 0.717) is 5.75 Å². The maximum Gasteiger partial charge on any atom is 0.282 e. The first-order valence-corrected chi connectivity index (χ1v) is 8.75. The second-order valence-electron chi connectivity index (χ2n) is 5.34. The quantitative estimate of drug-likeness (QED) is 0.765. The molecule has 0 unspecified atom stereocenters. The van der Waals surface area contributed by atoms with Crippen molar-refractivity contribution in [3.05, 3.63) is 29.8 Å². The molecule has 0 radical (unpaired) electrons. The van der Waals surface area contributed by atoms with Crippen LogP contribution in [0.4, 0.5) is 0 Å². The van der Waals surface area contributed by atoms with Crippen molar-refractivity contribution in [2.24, 2.45) is 0 Å². The summed E-state index contributed by atoms with van der Waals surface area (Å²) < 4.78 is 38.2. The summed E-state index contributed by atoms with van der Waals surface area (Å²) in [6, 6.07) is 9.52. The number of nitriles is 1. The Morgan fingerprint density at radius 2 is 2.13 bits per heavy atom. The van der Waals surface area contributed by atoms with Crippen LogP contribution in [-0.2, 0) is 14.9 Å². The van der Waals surface area contributed by atoms with Crippen molar-refractivity contribution in [1.29, 1.82) is 5.26 Å².